The van der Waals surface area contributed by atoms with Crippen LogP contribution in [0, 0.1) is 6.92 Å². The van der Waals surface area contributed by atoms with Crippen molar-refractivity contribution in [2.24, 2.45) is 0 Å². The molecule has 158 valence electrons. The number of aromatic amines is 1. The van der Waals surface area contributed by atoms with Crippen molar-refractivity contribution in [1.82, 2.24) is 20.1 Å². The van der Waals surface area contributed by atoms with E-state index in [1.54, 1.807) is 35.1 Å². The Labute approximate surface area is 176 Å². The van der Waals surface area contributed by atoms with Gasteiger partial charge in [-0.15, -0.1) is 0 Å². The molecule has 3 heterocycles. The number of ether oxygens (including phenoxy) is 1. The minimum Gasteiger partial charge on any atom is -0.457 e. The number of oxazole rings is 1. The Morgan fingerprint density at radius 1 is 1.29 bits per heavy atom. The summed E-state index contributed by atoms with van der Waals surface area (Å²) in [5.74, 6) is -0.804. The summed E-state index contributed by atoms with van der Waals surface area (Å²) in [6, 6.07) is 8.82. The molecule has 4 aromatic rings. The molecule has 9 nitrogen and oxygen atoms in total. The molecule has 0 spiro atoms. The van der Waals surface area contributed by atoms with Gasteiger partial charge in [0.2, 0.25) is 0 Å². The number of aliphatic hydroxyl groups excluding tert-OH is 1. The molecule has 2 aromatic carbocycles. The van der Waals surface area contributed by atoms with Crippen molar-refractivity contribution in [2.45, 2.75) is 26.2 Å². The van der Waals surface area contributed by atoms with Gasteiger partial charge in [-0.2, -0.15) is 5.10 Å². The first-order valence-corrected chi connectivity index (χ1v) is 9.84. The monoisotopic (exact) mass is 420 g/mol. The topological polar surface area (TPSA) is 122 Å². The predicted octanol–water partition coefficient (Wildman–Crippen LogP) is 2.11. The van der Waals surface area contributed by atoms with Crippen molar-refractivity contribution < 1.29 is 19.1 Å². The summed E-state index contributed by atoms with van der Waals surface area (Å²) in [6.45, 7) is 3.02. The summed E-state index contributed by atoms with van der Waals surface area (Å²) < 4.78 is 11.8. The SMILES string of the molecule is Cc1c(C(O)CNCc2cnn(-c3ccc4oc(=O)[nH]c4c3)c2)ccc2c1COC2=O. The zero-order valence-corrected chi connectivity index (χ0v) is 16.7. The second-order valence-corrected chi connectivity index (χ2v) is 7.52. The van der Waals surface area contributed by atoms with Gasteiger partial charge in [0.05, 0.1) is 29.1 Å². The van der Waals surface area contributed by atoms with E-state index in [0.29, 0.717) is 29.8 Å². The van der Waals surface area contributed by atoms with Crippen LogP contribution in [0.5, 0.6) is 0 Å². The maximum absolute atomic E-state index is 11.7. The first-order chi connectivity index (χ1) is 15.0. The van der Waals surface area contributed by atoms with Crippen molar-refractivity contribution in [3.05, 3.63) is 81.1 Å². The third-order valence-corrected chi connectivity index (χ3v) is 5.54. The van der Waals surface area contributed by atoms with E-state index < -0.39 is 11.9 Å². The molecular formula is C22H20N4O5. The van der Waals surface area contributed by atoms with Crippen LogP contribution in [-0.4, -0.2) is 32.4 Å². The summed E-state index contributed by atoms with van der Waals surface area (Å²) in [5, 5.41) is 18.2. The van der Waals surface area contributed by atoms with Crippen molar-refractivity contribution >= 4 is 17.1 Å². The molecule has 1 aliphatic heterocycles. The number of aliphatic hydroxyl groups is 1. The minimum absolute atomic E-state index is 0.256. The number of fused-ring (bicyclic) bond motifs is 2. The van der Waals surface area contributed by atoms with Gasteiger partial charge in [0.25, 0.3) is 0 Å². The molecule has 1 aliphatic rings. The number of hydrogen-bond donors (Lipinski definition) is 3. The Morgan fingerprint density at radius 2 is 2.16 bits per heavy atom. The highest BCUT2D eigenvalue weighted by Gasteiger charge is 2.25. The van der Waals surface area contributed by atoms with Crippen LogP contribution >= 0.6 is 0 Å². The van der Waals surface area contributed by atoms with E-state index in [-0.39, 0.29) is 12.6 Å². The number of carbonyl (C=O) groups excluding carboxylic acids is 1. The van der Waals surface area contributed by atoms with Crippen LogP contribution in [0.1, 0.15) is 38.7 Å². The van der Waals surface area contributed by atoms with E-state index in [2.05, 4.69) is 15.4 Å². The van der Waals surface area contributed by atoms with E-state index >= 15 is 0 Å². The van der Waals surface area contributed by atoms with Crippen LogP contribution in [0.3, 0.4) is 0 Å². The maximum atomic E-state index is 11.7. The number of esters is 1. The average molecular weight is 420 g/mol. The third kappa shape index (κ3) is 3.54. The quantitative estimate of drug-likeness (QED) is 0.408. The maximum Gasteiger partial charge on any atom is 0.417 e. The van der Waals surface area contributed by atoms with Crippen LogP contribution in [0.15, 0.2) is 51.9 Å². The predicted molar refractivity (Wildman–Crippen MR) is 111 cm³/mol. The number of cyclic esters (lactones) is 1. The fourth-order valence-electron chi connectivity index (χ4n) is 3.87. The Hall–Kier alpha value is -3.69. The fourth-order valence-corrected chi connectivity index (χ4v) is 3.87. The number of hydrogen-bond acceptors (Lipinski definition) is 7. The molecule has 0 fully saturated rings. The summed E-state index contributed by atoms with van der Waals surface area (Å²) in [4.78, 5) is 25.6. The number of nitrogens with zero attached hydrogens (tertiary/aromatic N) is 2. The van der Waals surface area contributed by atoms with E-state index in [0.717, 1.165) is 27.9 Å². The van der Waals surface area contributed by atoms with Crippen LogP contribution in [0.2, 0.25) is 0 Å². The van der Waals surface area contributed by atoms with Gasteiger partial charge in [0, 0.05) is 30.4 Å². The lowest BCUT2D eigenvalue weighted by Gasteiger charge is -2.16. The lowest BCUT2D eigenvalue weighted by atomic mass is 9.95. The number of carbonyl (C=O) groups is 1. The number of rotatable bonds is 6. The number of aromatic nitrogens is 3. The highest BCUT2D eigenvalue weighted by Crippen LogP contribution is 2.28. The molecule has 1 atom stereocenters. The van der Waals surface area contributed by atoms with E-state index in [1.165, 1.54) is 0 Å². The molecule has 3 N–H and O–H groups in total. The van der Waals surface area contributed by atoms with E-state index in [1.807, 2.05) is 19.2 Å². The number of H-pyrrole nitrogens is 1. The number of benzene rings is 2. The normalized spacial score (nSPS) is 14.1. The molecule has 0 radical (unpaired) electrons. The largest absolute Gasteiger partial charge is 0.457 e. The molecule has 31 heavy (non-hydrogen) atoms. The lowest BCUT2D eigenvalue weighted by molar-refractivity contribution is 0.0535. The zero-order chi connectivity index (χ0) is 21.5. The molecule has 1 unspecified atom stereocenters. The van der Waals surface area contributed by atoms with Crippen LogP contribution < -0.4 is 11.1 Å². The minimum atomic E-state index is -0.712. The van der Waals surface area contributed by atoms with E-state index in [4.69, 9.17) is 9.15 Å². The van der Waals surface area contributed by atoms with Gasteiger partial charge in [0.1, 0.15) is 6.61 Å². The lowest BCUT2D eigenvalue weighted by Crippen LogP contribution is -2.21. The Morgan fingerprint density at radius 3 is 3.03 bits per heavy atom. The Balaban J connectivity index is 1.23. The second kappa shape index (κ2) is 7.53. The summed E-state index contributed by atoms with van der Waals surface area (Å²) in [6.07, 6.45) is 2.91. The Bertz CT molecular complexity index is 1350. The molecule has 0 saturated heterocycles. The van der Waals surface area contributed by atoms with Gasteiger partial charge in [-0.1, -0.05) is 6.07 Å². The van der Waals surface area contributed by atoms with Crippen molar-refractivity contribution in [3.8, 4) is 5.69 Å². The molecule has 0 bridgehead atoms. The molecule has 5 rings (SSSR count). The van der Waals surface area contributed by atoms with Gasteiger partial charge in [-0.3, -0.25) is 4.98 Å². The van der Waals surface area contributed by atoms with Crippen LogP contribution in [0.4, 0.5) is 0 Å². The van der Waals surface area contributed by atoms with Gasteiger partial charge >= 0.3 is 11.7 Å². The molecular weight excluding hydrogens is 400 g/mol. The van der Waals surface area contributed by atoms with Gasteiger partial charge in [-0.05, 0) is 42.3 Å². The van der Waals surface area contributed by atoms with Crippen molar-refractivity contribution in [2.75, 3.05) is 6.54 Å². The van der Waals surface area contributed by atoms with Gasteiger partial charge in [0.15, 0.2) is 5.58 Å². The first-order valence-electron chi connectivity index (χ1n) is 9.84. The van der Waals surface area contributed by atoms with Gasteiger partial charge < -0.3 is 19.6 Å². The first kappa shape index (κ1) is 19.3. The highest BCUT2D eigenvalue weighted by atomic mass is 16.5. The van der Waals surface area contributed by atoms with Crippen molar-refractivity contribution in [1.29, 1.82) is 0 Å². The molecule has 9 heteroatoms. The Kier molecular flexibility index (Phi) is 4.68. The van der Waals surface area contributed by atoms with Gasteiger partial charge in [-0.25, -0.2) is 14.3 Å². The van der Waals surface area contributed by atoms with Crippen LogP contribution in [-0.2, 0) is 17.9 Å². The molecule has 0 amide bonds. The zero-order valence-electron chi connectivity index (χ0n) is 16.7. The fraction of sp³-hybridized carbons (Fsp3) is 0.227. The number of nitrogens with one attached hydrogen (secondary N) is 2. The summed E-state index contributed by atoms with van der Waals surface area (Å²) in [7, 11) is 0. The average Bonchev–Trinajstić information content (AvgIpc) is 3.46. The molecule has 2 aromatic heterocycles. The molecule has 0 saturated carbocycles. The summed E-state index contributed by atoms with van der Waals surface area (Å²) in [5.41, 5.74) is 5.93. The smallest absolute Gasteiger partial charge is 0.417 e. The third-order valence-electron chi connectivity index (χ3n) is 5.54. The van der Waals surface area contributed by atoms with Crippen LogP contribution in [0.25, 0.3) is 16.8 Å². The molecule has 0 aliphatic carbocycles. The van der Waals surface area contributed by atoms with E-state index in [9.17, 15) is 14.7 Å². The van der Waals surface area contributed by atoms with Crippen molar-refractivity contribution in [3.63, 3.8) is 0 Å². The summed E-state index contributed by atoms with van der Waals surface area (Å²) >= 11 is 0. The standard InChI is InChI=1S/C22H20N4O5/c1-12-15(3-4-16-17(12)11-30-21(16)28)19(27)9-23-7-13-8-24-26(10-13)14-2-5-20-18(6-14)25-22(29)31-20/h2-6,8,10,19,23,27H,7,9,11H2,1H3,(H,25,29). The second-order valence-electron chi connectivity index (χ2n) is 7.52. The highest BCUT2D eigenvalue weighted by molar-refractivity contribution is 5.94.